The first-order chi connectivity index (χ1) is 14.0. The number of rotatable bonds is 6. The van der Waals surface area contributed by atoms with Gasteiger partial charge in [0.05, 0.1) is 0 Å². The van der Waals surface area contributed by atoms with E-state index in [2.05, 4.69) is 74.3 Å². The molecule has 2 unspecified atom stereocenters. The van der Waals surface area contributed by atoms with E-state index in [1.165, 1.54) is 16.6 Å². The second-order valence-corrected chi connectivity index (χ2v) is 10.4. The Balaban J connectivity index is 1.67. The lowest BCUT2D eigenvalue weighted by Crippen LogP contribution is -2.65. The molecule has 1 aromatic heterocycles. The highest BCUT2D eigenvalue weighted by atomic mass is 28.3. The van der Waals surface area contributed by atoms with Crippen molar-refractivity contribution in [2.75, 3.05) is 11.4 Å². The highest BCUT2D eigenvalue weighted by molar-refractivity contribution is 6.80. The monoisotopic (exact) mass is 405 g/mol. The fraction of sp³-hybridized carbons (Fsp3) is 0.304. The maximum absolute atomic E-state index is 11.0. The van der Waals surface area contributed by atoms with Crippen LogP contribution in [0.5, 0.6) is 0 Å². The highest BCUT2D eigenvalue weighted by Gasteiger charge is 2.49. The third kappa shape index (κ3) is 4.04. The number of carbonyl (C=O) groups is 1. The molecule has 1 fully saturated rings. The molecule has 4 rings (SSSR count). The SMILES string of the molecule is CC(C)(C)C1CN(c2nc(C=O)co2)C1O[Si](c1ccccc1)c1ccccc1. The van der Waals surface area contributed by atoms with Gasteiger partial charge in [-0.1, -0.05) is 81.4 Å². The van der Waals surface area contributed by atoms with Crippen molar-refractivity contribution >= 4 is 31.7 Å². The largest absolute Gasteiger partial charge is 0.431 e. The maximum Gasteiger partial charge on any atom is 0.299 e. The summed E-state index contributed by atoms with van der Waals surface area (Å²) < 4.78 is 12.4. The Hall–Kier alpha value is -2.70. The Bertz CT molecular complexity index is 914. The molecule has 1 saturated heterocycles. The van der Waals surface area contributed by atoms with Crippen LogP contribution in [0.4, 0.5) is 6.01 Å². The average Bonchev–Trinajstić information content (AvgIpc) is 3.16. The van der Waals surface area contributed by atoms with Gasteiger partial charge in [-0.25, -0.2) is 0 Å². The van der Waals surface area contributed by atoms with E-state index in [-0.39, 0.29) is 11.6 Å². The van der Waals surface area contributed by atoms with E-state index in [4.69, 9.17) is 8.84 Å². The van der Waals surface area contributed by atoms with Crippen LogP contribution in [0.3, 0.4) is 0 Å². The molecule has 0 amide bonds. The molecule has 2 aromatic carbocycles. The smallest absolute Gasteiger partial charge is 0.299 e. The van der Waals surface area contributed by atoms with Gasteiger partial charge >= 0.3 is 0 Å². The number of aromatic nitrogens is 1. The van der Waals surface area contributed by atoms with E-state index < -0.39 is 9.04 Å². The van der Waals surface area contributed by atoms with Crippen LogP contribution in [0.1, 0.15) is 31.3 Å². The molecule has 0 aliphatic carbocycles. The molecule has 0 bridgehead atoms. The van der Waals surface area contributed by atoms with E-state index in [1.807, 2.05) is 17.0 Å². The molecule has 5 nitrogen and oxygen atoms in total. The van der Waals surface area contributed by atoms with Crippen LogP contribution in [0.2, 0.25) is 0 Å². The Morgan fingerprint density at radius 3 is 2.14 bits per heavy atom. The van der Waals surface area contributed by atoms with Gasteiger partial charge in [0.25, 0.3) is 15.1 Å². The third-order valence-electron chi connectivity index (χ3n) is 5.34. The number of oxazole rings is 1. The molecule has 29 heavy (non-hydrogen) atoms. The number of anilines is 1. The summed E-state index contributed by atoms with van der Waals surface area (Å²) in [4.78, 5) is 17.4. The number of carbonyl (C=O) groups excluding carboxylic acids is 1. The number of aldehydes is 1. The fourth-order valence-electron chi connectivity index (χ4n) is 3.58. The first-order valence-corrected chi connectivity index (χ1v) is 11.2. The summed E-state index contributed by atoms with van der Waals surface area (Å²) in [6.45, 7) is 7.48. The quantitative estimate of drug-likeness (QED) is 0.466. The zero-order valence-corrected chi connectivity index (χ0v) is 17.9. The lowest BCUT2D eigenvalue weighted by molar-refractivity contribution is 0.000409. The zero-order chi connectivity index (χ0) is 20.4. The Labute approximate surface area is 173 Å². The lowest BCUT2D eigenvalue weighted by Gasteiger charge is -2.53. The first kappa shape index (κ1) is 19.6. The average molecular weight is 406 g/mol. The lowest BCUT2D eigenvalue weighted by atomic mass is 9.74. The van der Waals surface area contributed by atoms with Gasteiger partial charge in [-0.15, -0.1) is 0 Å². The molecule has 149 valence electrons. The van der Waals surface area contributed by atoms with Gasteiger partial charge < -0.3 is 13.7 Å². The molecule has 1 radical (unpaired) electrons. The summed E-state index contributed by atoms with van der Waals surface area (Å²) in [5.74, 6) is 0.321. The van der Waals surface area contributed by atoms with Gasteiger partial charge in [-0.2, -0.15) is 4.98 Å². The molecule has 0 spiro atoms. The van der Waals surface area contributed by atoms with Crippen LogP contribution in [-0.2, 0) is 4.43 Å². The van der Waals surface area contributed by atoms with Crippen molar-refractivity contribution in [3.63, 3.8) is 0 Å². The van der Waals surface area contributed by atoms with Crippen molar-refractivity contribution in [2.45, 2.75) is 27.0 Å². The van der Waals surface area contributed by atoms with Crippen LogP contribution in [0.15, 0.2) is 71.3 Å². The number of hydrogen-bond acceptors (Lipinski definition) is 5. The number of nitrogens with zero attached hydrogens (tertiary/aromatic N) is 2. The van der Waals surface area contributed by atoms with Crippen LogP contribution >= 0.6 is 0 Å². The predicted octanol–water partition coefficient (Wildman–Crippen LogP) is 3.12. The predicted molar refractivity (Wildman–Crippen MR) is 115 cm³/mol. The summed E-state index contributed by atoms with van der Waals surface area (Å²) in [6.07, 6.45) is 1.93. The van der Waals surface area contributed by atoms with E-state index >= 15 is 0 Å². The molecule has 3 aromatic rings. The molecular formula is C23H25N2O3Si. The Kier molecular flexibility index (Phi) is 5.39. The van der Waals surface area contributed by atoms with Crippen molar-refractivity contribution in [1.82, 2.24) is 4.98 Å². The van der Waals surface area contributed by atoms with Crippen LogP contribution in [0, 0.1) is 11.3 Å². The van der Waals surface area contributed by atoms with E-state index in [0.29, 0.717) is 23.9 Å². The van der Waals surface area contributed by atoms with E-state index in [9.17, 15) is 4.79 Å². The second kappa shape index (κ2) is 7.97. The van der Waals surface area contributed by atoms with Crippen LogP contribution < -0.4 is 15.3 Å². The topological polar surface area (TPSA) is 55.6 Å². The molecule has 1 aliphatic heterocycles. The Morgan fingerprint density at radius 2 is 1.66 bits per heavy atom. The second-order valence-electron chi connectivity index (χ2n) is 8.37. The number of hydrogen-bond donors (Lipinski definition) is 0. The van der Waals surface area contributed by atoms with Gasteiger partial charge in [0.15, 0.2) is 6.29 Å². The van der Waals surface area contributed by atoms with Gasteiger partial charge in [0.2, 0.25) is 0 Å². The van der Waals surface area contributed by atoms with Crippen molar-refractivity contribution < 1.29 is 13.6 Å². The maximum atomic E-state index is 11.0. The van der Waals surface area contributed by atoms with Crippen LogP contribution in [0.25, 0.3) is 0 Å². The van der Waals surface area contributed by atoms with Gasteiger partial charge in [0.1, 0.15) is 18.2 Å². The summed E-state index contributed by atoms with van der Waals surface area (Å²) in [5, 5.41) is 2.40. The van der Waals surface area contributed by atoms with E-state index in [1.54, 1.807) is 0 Å². The summed E-state index contributed by atoms with van der Waals surface area (Å²) in [6, 6.07) is 21.2. The highest BCUT2D eigenvalue weighted by Crippen LogP contribution is 2.42. The first-order valence-electron chi connectivity index (χ1n) is 9.79. The van der Waals surface area contributed by atoms with Crippen molar-refractivity contribution in [3.05, 3.63) is 72.6 Å². The molecular weight excluding hydrogens is 380 g/mol. The van der Waals surface area contributed by atoms with E-state index in [0.717, 1.165) is 6.54 Å². The fourth-order valence-corrected chi connectivity index (χ4v) is 5.71. The summed E-state index contributed by atoms with van der Waals surface area (Å²) >= 11 is 0. The van der Waals surface area contributed by atoms with Crippen LogP contribution in [-0.4, -0.2) is 33.1 Å². The minimum atomic E-state index is -1.47. The molecule has 2 atom stereocenters. The minimum Gasteiger partial charge on any atom is -0.431 e. The van der Waals surface area contributed by atoms with Crippen molar-refractivity contribution in [1.29, 1.82) is 0 Å². The third-order valence-corrected chi connectivity index (χ3v) is 7.54. The Morgan fingerprint density at radius 1 is 1.07 bits per heavy atom. The molecule has 0 saturated carbocycles. The van der Waals surface area contributed by atoms with Crippen molar-refractivity contribution in [3.8, 4) is 0 Å². The molecule has 2 heterocycles. The minimum absolute atomic E-state index is 0.0710. The van der Waals surface area contributed by atoms with Crippen molar-refractivity contribution in [2.24, 2.45) is 11.3 Å². The summed E-state index contributed by atoms with van der Waals surface area (Å²) in [5.41, 5.74) is 0.372. The normalized spacial score (nSPS) is 19.2. The molecule has 6 heteroatoms. The van der Waals surface area contributed by atoms with Gasteiger partial charge in [-0.3, -0.25) is 4.79 Å². The van der Waals surface area contributed by atoms with Gasteiger partial charge in [-0.05, 0) is 15.8 Å². The molecule has 0 N–H and O–H groups in total. The zero-order valence-electron chi connectivity index (χ0n) is 16.9. The molecule has 1 aliphatic rings. The summed E-state index contributed by atoms with van der Waals surface area (Å²) in [7, 11) is -1.47. The standard InChI is InChI=1S/C23H25N2O3Si/c1-23(2,3)20-14-25(22-24-17(15-26)16-27-22)21(20)28-29(18-10-6-4-7-11-18)19-12-8-5-9-13-19/h4-13,15-16,20-21H,14H2,1-3H3. The van der Waals surface area contributed by atoms with Gasteiger partial charge in [0, 0.05) is 12.5 Å². The number of benzene rings is 2.